The highest BCUT2D eigenvalue weighted by molar-refractivity contribution is 6.36. The van der Waals surface area contributed by atoms with Crippen LogP contribution in [0.1, 0.15) is 23.6 Å². The van der Waals surface area contributed by atoms with E-state index in [0.717, 1.165) is 22.4 Å². The van der Waals surface area contributed by atoms with Crippen LogP contribution in [0.25, 0.3) is 11.3 Å². The second-order valence-corrected chi connectivity index (χ2v) is 5.39. The molecule has 0 unspecified atom stereocenters. The van der Waals surface area contributed by atoms with Crippen molar-refractivity contribution in [3.63, 3.8) is 0 Å². The molecule has 3 heteroatoms. The van der Waals surface area contributed by atoms with Gasteiger partial charge >= 0.3 is 0 Å². The van der Waals surface area contributed by atoms with Gasteiger partial charge in [0, 0.05) is 18.2 Å². The summed E-state index contributed by atoms with van der Waals surface area (Å²) >= 11 is 0. The zero-order chi connectivity index (χ0) is 15.7. The van der Waals surface area contributed by atoms with E-state index >= 15 is 0 Å². The summed E-state index contributed by atoms with van der Waals surface area (Å²) in [6.07, 6.45) is 0. The molecule has 0 aliphatic carbocycles. The van der Waals surface area contributed by atoms with Gasteiger partial charge in [-0.1, -0.05) is 42.5 Å². The fourth-order valence-corrected chi connectivity index (χ4v) is 2.78. The van der Waals surface area contributed by atoms with E-state index < -0.39 is 0 Å². The van der Waals surface area contributed by atoms with Crippen LogP contribution >= 0.6 is 0 Å². The number of likely N-dealkylation sites (N-methyl/N-ethyl adjacent to an activating group) is 1. The summed E-state index contributed by atoms with van der Waals surface area (Å²) in [4.78, 5) is 14.4. The minimum absolute atomic E-state index is 0.0205. The van der Waals surface area contributed by atoms with Crippen molar-refractivity contribution >= 4 is 22.9 Å². The quantitative estimate of drug-likeness (QED) is 0.635. The topological polar surface area (TPSA) is 29.5 Å². The molecule has 0 atom stereocenters. The van der Waals surface area contributed by atoms with Crippen LogP contribution in [0.4, 0.5) is 5.69 Å². The maximum atomic E-state index is 12.8. The lowest BCUT2D eigenvalue weighted by molar-refractivity contribution is -0.112. The van der Waals surface area contributed by atoms with Gasteiger partial charge in [0.05, 0.1) is 17.9 Å². The highest BCUT2D eigenvalue weighted by Crippen LogP contribution is 2.40. The van der Waals surface area contributed by atoms with Crippen molar-refractivity contribution < 1.29 is 9.53 Å². The number of anilines is 1. The minimum atomic E-state index is -0.0205. The van der Waals surface area contributed by atoms with E-state index in [-0.39, 0.29) is 5.91 Å². The van der Waals surface area contributed by atoms with Crippen LogP contribution in [-0.2, 0) is 9.53 Å². The number of amides is 1. The average Bonchev–Trinajstić information content (AvgIpc) is 2.78. The first-order valence-electron chi connectivity index (χ1n) is 7.45. The number of fused-ring (bicyclic) bond motifs is 1. The van der Waals surface area contributed by atoms with Gasteiger partial charge in [-0.3, -0.25) is 4.79 Å². The maximum absolute atomic E-state index is 12.8. The van der Waals surface area contributed by atoms with Gasteiger partial charge in [-0.25, -0.2) is 0 Å². The van der Waals surface area contributed by atoms with Crippen molar-refractivity contribution in [2.45, 2.75) is 13.8 Å². The standard InChI is InChI=1S/C19H19NO2/c1-4-22-18(14-8-6-5-7-9-14)17-15-11-10-13(2)12-16(15)20(3)19(17)21/h5-12H,4H2,1-3H3/b18-17-. The number of carbonyl (C=O) groups is 1. The molecule has 0 saturated carbocycles. The summed E-state index contributed by atoms with van der Waals surface area (Å²) in [5.74, 6) is 0.635. The van der Waals surface area contributed by atoms with E-state index in [1.165, 1.54) is 0 Å². The molecular formula is C19H19NO2. The SMILES string of the molecule is CCO/C(=C1\C(=O)N(C)c2cc(C)ccc21)c1ccccc1. The monoisotopic (exact) mass is 293 g/mol. The van der Waals surface area contributed by atoms with Crippen LogP contribution in [0, 0.1) is 6.92 Å². The fraction of sp³-hybridized carbons (Fsp3) is 0.211. The van der Waals surface area contributed by atoms with Gasteiger partial charge in [-0.05, 0) is 25.5 Å². The van der Waals surface area contributed by atoms with Crippen LogP contribution in [0.2, 0.25) is 0 Å². The van der Waals surface area contributed by atoms with Gasteiger partial charge in [0.15, 0.2) is 0 Å². The molecule has 0 radical (unpaired) electrons. The summed E-state index contributed by atoms with van der Waals surface area (Å²) in [6, 6.07) is 15.9. The largest absolute Gasteiger partial charge is 0.492 e. The van der Waals surface area contributed by atoms with Crippen molar-refractivity contribution in [1.29, 1.82) is 0 Å². The molecule has 0 spiro atoms. The zero-order valence-electron chi connectivity index (χ0n) is 13.1. The molecule has 1 amide bonds. The van der Waals surface area contributed by atoms with E-state index in [2.05, 4.69) is 0 Å². The molecule has 3 nitrogen and oxygen atoms in total. The van der Waals surface area contributed by atoms with Crippen LogP contribution in [0.5, 0.6) is 0 Å². The van der Waals surface area contributed by atoms with E-state index in [0.29, 0.717) is 17.9 Å². The number of aryl methyl sites for hydroxylation is 1. The Morgan fingerprint density at radius 1 is 1.14 bits per heavy atom. The van der Waals surface area contributed by atoms with E-state index in [9.17, 15) is 4.79 Å². The highest BCUT2D eigenvalue weighted by Gasteiger charge is 2.33. The lowest BCUT2D eigenvalue weighted by Gasteiger charge is -2.12. The van der Waals surface area contributed by atoms with Crippen molar-refractivity contribution in [1.82, 2.24) is 0 Å². The van der Waals surface area contributed by atoms with E-state index in [4.69, 9.17) is 4.74 Å². The minimum Gasteiger partial charge on any atom is -0.492 e. The molecule has 112 valence electrons. The third-order valence-electron chi connectivity index (χ3n) is 3.85. The second kappa shape index (κ2) is 5.68. The highest BCUT2D eigenvalue weighted by atomic mass is 16.5. The summed E-state index contributed by atoms with van der Waals surface area (Å²) in [7, 11) is 1.81. The molecule has 0 bridgehead atoms. The molecule has 0 fully saturated rings. The number of hydrogen-bond acceptors (Lipinski definition) is 2. The van der Waals surface area contributed by atoms with Gasteiger partial charge in [0.1, 0.15) is 5.76 Å². The van der Waals surface area contributed by atoms with E-state index in [1.54, 1.807) is 4.90 Å². The lowest BCUT2D eigenvalue weighted by atomic mass is 10.0. The molecule has 1 aliphatic rings. The average molecular weight is 293 g/mol. The van der Waals surface area contributed by atoms with Crippen molar-refractivity contribution in [2.24, 2.45) is 0 Å². The van der Waals surface area contributed by atoms with Gasteiger partial charge in [0.25, 0.3) is 5.91 Å². The van der Waals surface area contributed by atoms with Crippen molar-refractivity contribution in [3.05, 3.63) is 65.2 Å². The molecule has 1 heterocycles. The Morgan fingerprint density at radius 2 is 1.86 bits per heavy atom. The maximum Gasteiger partial charge on any atom is 0.262 e. The van der Waals surface area contributed by atoms with Crippen molar-refractivity contribution in [3.8, 4) is 0 Å². The predicted octanol–water partition coefficient (Wildman–Crippen LogP) is 3.88. The Balaban J connectivity index is 2.26. The number of rotatable bonds is 3. The van der Waals surface area contributed by atoms with Gasteiger partial charge in [0.2, 0.25) is 0 Å². The third kappa shape index (κ3) is 2.29. The number of nitrogens with zero attached hydrogens (tertiary/aromatic N) is 1. The summed E-state index contributed by atoms with van der Waals surface area (Å²) in [5, 5.41) is 0. The van der Waals surface area contributed by atoms with Crippen LogP contribution < -0.4 is 4.90 Å². The predicted molar refractivity (Wildman–Crippen MR) is 89.5 cm³/mol. The first-order chi connectivity index (χ1) is 10.6. The lowest BCUT2D eigenvalue weighted by Crippen LogP contribution is -2.21. The molecule has 0 N–H and O–H groups in total. The zero-order valence-corrected chi connectivity index (χ0v) is 13.1. The Morgan fingerprint density at radius 3 is 2.55 bits per heavy atom. The molecule has 0 saturated heterocycles. The van der Waals surface area contributed by atoms with E-state index in [1.807, 2.05) is 69.4 Å². The first kappa shape index (κ1) is 14.4. The Bertz CT molecular complexity index is 747. The fourth-order valence-electron chi connectivity index (χ4n) is 2.78. The molecule has 1 aliphatic heterocycles. The van der Waals surface area contributed by atoms with Crippen LogP contribution in [-0.4, -0.2) is 19.6 Å². The molecule has 0 aromatic heterocycles. The van der Waals surface area contributed by atoms with Crippen molar-refractivity contribution in [2.75, 3.05) is 18.6 Å². The van der Waals surface area contributed by atoms with Crippen LogP contribution in [0.15, 0.2) is 48.5 Å². The molecular weight excluding hydrogens is 274 g/mol. The molecule has 22 heavy (non-hydrogen) atoms. The molecule has 3 rings (SSSR count). The summed E-state index contributed by atoms with van der Waals surface area (Å²) < 4.78 is 5.85. The number of carbonyl (C=O) groups excluding carboxylic acids is 1. The van der Waals surface area contributed by atoms with Crippen LogP contribution in [0.3, 0.4) is 0 Å². The number of hydrogen-bond donors (Lipinski definition) is 0. The smallest absolute Gasteiger partial charge is 0.262 e. The normalized spacial score (nSPS) is 15.8. The Labute approximate surface area is 130 Å². The Hall–Kier alpha value is -2.55. The molecule has 2 aromatic rings. The first-order valence-corrected chi connectivity index (χ1v) is 7.45. The van der Waals surface area contributed by atoms with Gasteiger partial charge in [-0.15, -0.1) is 0 Å². The van der Waals surface area contributed by atoms with Gasteiger partial charge < -0.3 is 9.64 Å². The summed E-state index contributed by atoms with van der Waals surface area (Å²) in [6.45, 7) is 4.48. The molecule has 2 aromatic carbocycles. The number of ether oxygens (including phenoxy) is 1. The Kier molecular flexibility index (Phi) is 3.72. The third-order valence-corrected chi connectivity index (χ3v) is 3.85. The second-order valence-electron chi connectivity index (χ2n) is 5.39. The summed E-state index contributed by atoms with van der Waals surface area (Å²) in [5.41, 5.74) is 4.58. The number of benzene rings is 2. The van der Waals surface area contributed by atoms with Gasteiger partial charge in [-0.2, -0.15) is 0 Å².